The van der Waals surface area contributed by atoms with Gasteiger partial charge in [0, 0.05) is 16.0 Å². The van der Waals surface area contributed by atoms with Crippen LogP contribution in [0.5, 0.6) is 0 Å². The highest BCUT2D eigenvalue weighted by atomic mass is 32.2. The van der Waals surface area contributed by atoms with Gasteiger partial charge in [-0.25, -0.2) is 0 Å². The minimum Gasteiger partial charge on any atom is -0.289 e. The van der Waals surface area contributed by atoms with Crippen molar-refractivity contribution in [1.82, 2.24) is 0 Å². The molecule has 92 valence electrons. The van der Waals surface area contributed by atoms with E-state index in [9.17, 15) is 4.79 Å². The minimum atomic E-state index is 0.197. The van der Waals surface area contributed by atoms with Crippen molar-refractivity contribution < 1.29 is 4.79 Å². The number of carbonyl (C=O) groups is 1. The molecule has 1 heterocycles. The van der Waals surface area contributed by atoms with E-state index in [1.807, 2.05) is 40.5 Å². The molecule has 0 spiro atoms. The Bertz CT molecular complexity index is 519. The third kappa shape index (κ3) is 3.34. The molecular formula is C15H14OS2. The summed E-state index contributed by atoms with van der Waals surface area (Å²) < 4.78 is 0. The van der Waals surface area contributed by atoms with E-state index in [0.29, 0.717) is 0 Å². The molecule has 0 atom stereocenters. The molecule has 2 rings (SSSR count). The van der Waals surface area contributed by atoms with E-state index in [1.165, 1.54) is 11.8 Å². The molecule has 0 aromatic carbocycles. The molecule has 0 unspecified atom stereocenters. The fourth-order valence-corrected chi connectivity index (χ4v) is 3.07. The van der Waals surface area contributed by atoms with Crippen molar-refractivity contribution in [2.45, 2.75) is 12.8 Å². The standard InChI is InChI=1S/C15H14OS2/c1-2-3-8-17-11-13-7-6-12(15(13)16)10-14-5-4-9-18-14/h2-5,8-11H,1,6-7H2/b8-3-,12-10+,13-11+. The van der Waals surface area contributed by atoms with Crippen molar-refractivity contribution in [2.75, 3.05) is 0 Å². The van der Waals surface area contributed by atoms with E-state index >= 15 is 0 Å². The average molecular weight is 274 g/mol. The second-order valence-electron chi connectivity index (χ2n) is 3.86. The summed E-state index contributed by atoms with van der Waals surface area (Å²) >= 11 is 3.19. The van der Waals surface area contributed by atoms with Crippen LogP contribution in [0.1, 0.15) is 17.7 Å². The molecule has 0 aliphatic heterocycles. The Morgan fingerprint density at radius 2 is 2.17 bits per heavy atom. The molecule has 0 N–H and O–H groups in total. The highest BCUT2D eigenvalue weighted by Crippen LogP contribution is 2.30. The van der Waals surface area contributed by atoms with Crippen LogP contribution in [0.15, 0.2) is 58.2 Å². The lowest BCUT2D eigenvalue weighted by Crippen LogP contribution is -1.94. The zero-order chi connectivity index (χ0) is 12.8. The van der Waals surface area contributed by atoms with Crippen LogP contribution in [0.3, 0.4) is 0 Å². The van der Waals surface area contributed by atoms with E-state index < -0.39 is 0 Å². The number of ketones is 1. The molecule has 0 radical (unpaired) electrons. The number of allylic oxidation sites excluding steroid dienone is 4. The molecule has 0 amide bonds. The maximum Gasteiger partial charge on any atom is 0.185 e. The van der Waals surface area contributed by atoms with Gasteiger partial charge in [-0.3, -0.25) is 4.79 Å². The summed E-state index contributed by atoms with van der Waals surface area (Å²) in [4.78, 5) is 13.3. The highest BCUT2D eigenvalue weighted by Gasteiger charge is 2.22. The van der Waals surface area contributed by atoms with Crippen LogP contribution < -0.4 is 0 Å². The van der Waals surface area contributed by atoms with Gasteiger partial charge in [0.1, 0.15) is 0 Å². The normalized spacial score (nSPS) is 20.3. The van der Waals surface area contributed by atoms with Gasteiger partial charge in [-0.2, -0.15) is 0 Å². The van der Waals surface area contributed by atoms with Gasteiger partial charge in [-0.1, -0.05) is 24.8 Å². The summed E-state index contributed by atoms with van der Waals surface area (Å²) in [6, 6.07) is 4.04. The van der Waals surface area contributed by atoms with Gasteiger partial charge in [-0.15, -0.1) is 23.1 Å². The molecule has 1 aromatic heterocycles. The molecule has 18 heavy (non-hydrogen) atoms. The van der Waals surface area contributed by atoms with Crippen LogP contribution >= 0.6 is 23.1 Å². The molecule has 1 saturated carbocycles. The number of rotatable bonds is 4. The predicted molar refractivity (Wildman–Crippen MR) is 81.5 cm³/mol. The lowest BCUT2D eigenvalue weighted by molar-refractivity contribution is -0.111. The molecule has 1 aromatic rings. The maximum atomic E-state index is 12.1. The van der Waals surface area contributed by atoms with Gasteiger partial charge in [0.05, 0.1) is 0 Å². The van der Waals surface area contributed by atoms with Crippen LogP contribution in [0.25, 0.3) is 6.08 Å². The Kier molecular flexibility index (Phi) is 4.79. The van der Waals surface area contributed by atoms with Crippen molar-refractivity contribution in [3.8, 4) is 0 Å². The molecule has 0 bridgehead atoms. The van der Waals surface area contributed by atoms with Crippen LogP contribution in [-0.2, 0) is 4.79 Å². The first-order valence-corrected chi connectivity index (χ1v) is 7.54. The van der Waals surface area contributed by atoms with Crippen LogP contribution in [0.2, 0.25) is 0 Å². The Hall–Kier alpha value is -1.32. The van der Waals surface area contributed by atoms with Gasteiger partial charge in [0.15, 0.2) is 5.78 Å². The Morgan fingerprint density at radius 3 is 2.89 bits per heavy atom. The predicted octanol–water partition coefficient (Wildman–Crippen LogP) is 4.81. The fourth-order valence-electron chi connectivity index (χ4n) is 1.72. The van der Waals surface area contributed by atoms with E-state index in [4.69, 9.17) is 0 Å². The van der Waals surface area contributed by atoms with Crippen molar-refractivity contribution in [3.05, 3.63) is 63.1 Å². The maximum absolute atomic E-state index is 12.1. The largest absolute Gasteiger partial charge is 0.289 e. The first kappa shape index (κ1) is 13.1. The summed E-state index contributed by atoms with van der Waals surface area (Å²) in [7, 11) is 0. The van der Waals surface area contributed by atoms with E-state index in [2.05, 4.69) is 6.58 Å². The molecule has 1 nitrogen and oxygen atoms in total. The van der Waals surface area contributed by atoms with Crippen LogP contribution in [-0.4, -0.2) is 5.78 Å². The Morgan fingerprint density at radius 1 is 1.33 bits per heavy atom. The summed E-state index contributed by atoms with van der Waals surface area (Å²) in [5.74, 6) is 0.197. The Labute approximate surface area is 116 Å². The molecule has 1 fully saturated rings. The van der Waals surface area contributed by atoms with Crippen LogP contribution in [0.4, 0.5) is 0 Å². The van der Waals surface area contributed by atoms with Gasteiger partial charge in [0.2, 0.25) is 0 Å². The third-order valence-corrected chi connectivity index (χ3v) is 4.16. The molecule has 0 saturated heterocycles. The number of carbonyl (C=O) groups excluding carboxylic acids is 1. The number of thioether (sulfide) groups is 1. The number of Topliss-reactive ketones (excluding diaryl/α,β-unsaturated/α-hetero) is 1. The molecular weight excluding hydrogens is 260 g/mol. The first-order valence-electron chi connectivity index (χ1n) is 5.72. The first-order chi connectivity index (χ1) is 8.81. The van der Waals surface area contributed by atoms with E-state index in [-0.39, 0.29) is 5.78 Å². The fraction of sp³-hybridized carbons (Fsp3) is 0.133. The monoisotopic (exact) mass is 274 g/mol. The zero-order valence-electron chi connectivity index (χ0n) is 9.96. The second kappa shape index (κ2) is 6.57. The zero-order valence-corrected chi connectivity index (χ0v) is 11.6. The van der Waals surface area contributed by atoms with E-state index in [0.717, 1.165) is 28.9 Å². The lowest BCUT2D eigenvalue weighted by atomic mass is 10.2. The molecule has 1 aliphatic carbocycles. The van der Waals surface area contributed by atoms with Gasteiger partial charge in [0.25, 0.3) is 0 Å². The van der Waals surface area contributed by atoms with E-state index in [1.54, 1.807) is 17.4 Å². The van der Waals surface area contributed by atoms with Crippen molar-refractivity contribution >= 4 is 35.0 Å². The van der Waals surface area contributed by atoms with Crippen molar-refractivity contribution in [2.24, 2.45) is 0 Å². The summed E-state index contributed by atoms with van der Waals surface area (Å²) in [6.07, 6.45) is 7.31. The minimum absolute atomic E-state index is 0.197. The number of hydrogen-bond acceptors (Lipinski definition) is 3. The Balaban J connectivity index is 2.05. The number of thiophene rings is 1. The third-order valence-electron chi connectivity index (χ3n) is 2.61. The SMILES string of the molecule is C=C/C=C\S/C=C1\CC/C(=C\c2cccs2)C1=O. The lowest BCUT2D eigenvalue weighted by Gasteiger charge is -1.93. The highest BCUT2D eigenvalue weighted by molar-refractivity contribution is 8.04. The molecule has 3 heteroatoms. The summed E-state index contributed by atoms with van der Waals surface area (Å²) in [6.45, 7) is 3.60. The summed E-state index contributed by atoms with van der Waals surface area (Å²) in [5.41, 5.74) is 1.84. The topological polar surface area (TPSA) is 17.1 Å². The smallest absolute Gasteiger partial charge is 0.185 e. The number of hydrogen-bond donors (Lipinski definition) is 0. The van der Waals surface area contributed by atoms with Gasteiger partial charge < -0.3 is 0 Å². The van der Waals surface area contributed by atoms with Gasteiger partial charge in [-0.05, 0) is 41.2 Å². The summed E-state index contributed by atoms with van der Waals surface area (Å²) in [5, 5.41) is 5.89. The van der Waals surface area contributed by atoms with Crippen LogP contribution in [0, 0.1) is 0 Å². The quantitative estimate of drug-likeness (QED) is 0.579. The second-order valence-corrected chi connectivity index (χ2v) is 5.62. The van der Waals surface area contributed by atoms with Crippen molar-refractivity contribution in [3.63, 3.8) is 0 Å². The van der Waals surface area contributed by atoms with Gasteiger partial charge >= 0.3 is 0 Å². The molecule has 1 aliphatic rings. The average Bonchev–Trinajstić information content (AvgIpc) is 2.99. The van der Waals surface area contributed by atoms with Crippen molar-refractivity contribution in [1.29, 1.82) is 0 Å².